The molecule has 0 aromatic heterocycles. The average molecular weight is 334 g/mol. The van der Waals surface area contributed by atoms with E-state index < -0.39 is 0 Å². The van der Waals surface area contributed by atoms with Gasteiger partial charge in [-0.05, 0) is 23.8 Å². The van der Waals surface area contributed by atoms with Gasteiger partial charge in [-0.1, -0.05) is 0 Å². The zero-order chi connectivity index (χ0) is 17.7. The van der Waals surface area contributed by atoms with E-state index in [1.807, 2.05) is 0 Å². The molecule has 1 aliphatic rings. The molecular weight excluding hydrogens is 312 g/mol. The van der Waals surface area contributed by atoms with Gasteiger partial charge in [-0.2, -0.15) is 0 Å². The van der Waals surface area contributed by atoms with Crippen LogP contribution in [0.4, 0.5) is 0 Å². The van der Waals surface area contributed by atoms with Crippen LogP contribution in [0.2, 0.25) is 0 Å². The molecule has 2 amide bonds. The number of nitrogens with zero attached hydrogens (tertiary/aromatic N) is 2. The number of rotatable bonds is 5. The van der Waals surface area contributed by atoms with Crippen LogP contribution in [0.25, 0.3) is 6.08 Å². The second-order valence-corrected chi connectivity index (χ2v) is 5.56. The molecular formula is C17H22N2O5. The molecule has 1 heterocycles. The standard InChI is InChI=1S/C17H22N2O5/c1-18(2)16(21)11-19(3)15(20)6-5-12-9-13(22-4)17-14(10-12)23-7-8-24-17/h5-6,9-10H,7-8,11H2,1-4H3/b6-5+. The third-order valence-electron chi connectivity index (χ3n) is 3.52. The number of carbonyl (C=O) groups excluding carboxylic acids is 2. The minimum Gasteiger partial charge on any atom is -0.493 e. The molecule has 1 aliphatic heterocycles. The summed E-state index contributed by atoms with van der Waals surface area (Å²) in [6.07, 6.45) is 3.06. The van der Waals surface area contributed by atoms with Gasteiger partial charge < -0.3 is 24.0 Å². The van der Waals surface area contributed by atoms with Crippen LogP contribution in [0.1, 0.15) is 5.56 Å². The number of carbonyl (C=O) groups is 2. The second-order valence-electron chi connectivity index (χ2n) is 5.56. The van der Waals surface area contributed by atoms with E-state index >= 15 is 0 Å². The lowest BCUT2D eigenvalue weighted by Gasteiger charge is -2.21. The van der Waals surface area contributed by atoms with Crippen molar-refractivity contribution in [2.75, 3.05) is 48.0 Å². The van der Waals surface area contributed by atoms with E-state index in [0.717, 1.165) is 5.56 Å². The van der Waals surface area contributed by atoms with Crippen LogP contribution in [0, 0.1) is 0 Å². The molecule has 0 unspecified atom stereocenters. The quantitative estimate of drug-likeness (QED) is 0.752. The fourth-order valence-electron chi connectivity index (χ4n) is 2.11. The molecule has 7 nitrogen and oxygen atoms in total. The summed E-state index contributed by atoms with van der Waals surface area (Å²) in [6.45, 7) is 0.972. The van der Waals surface area contributed by atoms with Crippen molar-refractivity contribution in [1.82, 2.24) is 9.80 Å². The third kappa shape index (κ3) is 4.18. The highest BCUT2D eigenvalue weighted by molar-refractivity contribution is 5.94. The molecule has 0 saturated heterocycles. The van der Waals surface area contributed by atoms with Crippen molar-refractivity contribution >= 4 is 17.9 Å². The SMILES string of the molecule is COc1cc(/C=C/C(=O)N(C)CC(=O)N(C)C)cc2c1OCCO2. The Hall–Kier alpha value is -2.70. The Bertz CT molecular complexity index is 637. The van der Waals surface area contributed by atoms with Gasteiger partial charge in [0.05, 0.1) is 13.7 Å². The molecule has 1 aromatic rings. The zero-order valence-electron chi connectivity index (χ0n) is 14.4. The Morgan fingerprint density at radius 2 is 1.92 bits per heavy atom. The van der Waals surface area contributed by atoms with Crippen LogP contribution in [-0.4, -0.2) is 69.6 Å². The molecule has 0 spiro atoms. The normalized spacial score (nSPS) is 12.8. The van der Waals surface area contributed by atoms with Crippen LogP contribution in [-0.2, 0) is 9.59 Å². The molecule has 0 N–H and O–H groups in total. The Morgan fingerprint density at radius 3 is 2.58 bits per heavy atom. The Balaban J connectivity index is 2.11. The van der Waals surface area contributed by atoms with Gasteiger partial charge in [0.25, 0.3) is 0 Å². The van der Waals surface area contributed by atoms with Crippen LogP contribution >= 0.6 is 0 Å². The van der Waals surface area contributed by atoms with Gasteiger partial charge >= 0.3 is 0 Å². The Morgan fingerprint density at radius 1 is 1.21 bits per heavy atom. The van der Waals surface area contributed by atoms with E-state index in [1.165, 1.54) is 15.9 Å². The van der Waals surface area contributed by atoms with Crippen molar-refractivity contribution in [3.63, 3.8) is 0 Å². The van der Waals surface area contributed by atoms with E-state index in [1.54, 1.807) is 46.5 Å². The van der Waals surface area contributed by atoms with Gasteiger partial charge in [0, 0.05) is 27.2 Å². The lowest BCUT2D eigenvalue weighted by molar-refractivity contribution is -0.135. The van der Waals surface area contributed by atoms with Gasteiger partial charge in [0.2, 0.25) is 17.6 Å². The van der Waals surface area contributed by atoms with Crippen molar-refractivity contribution < 1.29 is 23.8 Å². The number of ether oxygens (including phenoxy) is 3. The fraction of sp³-hybridized carbons (Fsp3) is 0.412. The summed E-state index contributed by atoms with van der Waals surface area (Å²) in [6, 6.07) is 3.55. The third-order valence-corrected chi connectivity index (χ3v) is 3.52. The highest BCUT2D eigenvalue weighted by atomic mass is 16.6. The number of amides is 2. The topological polar surface area (TPSA) is 68.3 Å². The Labute approximate surface area is 141 Å². The summed E-state index contributed by atoms with van der Waals surface area (Å²) in [5.74, 6) is 1.31. The lowest BCUT2D eigenvalue weighted by atomic mass is 10.1. The van der Waals surface area contributed by atoms with Crippen molar-refractivity contribution in [3.05, 3.63) is 23.8 Å². The monoisotopic (exact) mass is 334 g/mol. The molecule has 1 aromatic carbocycles. The Kier molecular flexibility index (Phi) is 5.68. The molecule has 0 radical (unpaired) electrons. The molecule has 7 heteroatoms. The van der Waals surface area contributed by atoms with E-state index in [4.69, 9.17) is 14.2 Å². The first-order chi connectivity index (χ1) is 11.4. The van der Waals surface area contributed by atoms with Crippen LogP contribution in [0.15, 0.2) is 18.2 Å². The first kappa shape index (κ1) is 17.7. The second kappa shape index (κ2) is 7.72. The summed E-state index contributed by atoms with van der Waals surface area (Å²) in [4.78, 5) is 26.5. The maximum atomic E-state index is 12.1. The van der Waals surface area contributed by atoms with E-state index in [2.05, 4.69) is 0 Å². The summed E-state index contributed by atoms with van der Waals surface area (Å²) in [5.41, 5.74) is 0.747. The zero-order valence-corrected chi connectivity index (χ0v) is 14.4. The number of benzene rings is 1. The number of fused-ring (bicyclic) bond motifs is 1. The van der Waals surface area contributed by atoms with Crippen LogP contribution < -0.4 is 14.2 Å². The number of hydrogen-bond acceptors (Lipinski definition) is 5. The molecule has 0 bridgehead atoms. The molecule has 0 aliphatic carbocycles. The smallest absolute Gasteiger partial charge is 0.246 e. The lowest BCUT2D eigenvalue weighted by Crippen LogP contribution is -2.36. The van der Waals surface area contributed by atoms with Gasteiger partial charge in [-0.15, -0.1) is 0 Å². The molecule has 130 valence electrons. The molecule has 0 saturated carbocycles. The van der Waals surface area contributed by atoms with E-state index in [-0.39, 0.29) is 18.4 Å². The largest absolute Gasteiger partial charge is 0.493 e. The van der Waals surface area contributed by atoms with Gasteiger partial charge in [0.15, 0.2) is 11.5 Å². The van der Waals surface area contributed by atoms with Crippen LogP contribution in [0.3, 0.4) is 0 Å². The van der Waals surface area contributed by atoms with Crippen molar-refractivity contribution in [3.8, 4) is 17.2 Å². The van der Waals surface area contributed by atoms with Crippen LogP contribution in [0.5, 0.6) is 17.2 Å². The molecule has 2 rings (SSSR count). The summed E-state index contributed by atoms with van der Waals surface area (Å²) in [7, 11) is 6.43. The van der Waals surface area contributed by atoms with Crippen molar-refractivity contribution in [2.45, 2.75) is 0 Å². The predicted molar refractivity (Wildman–Crippen MR) is 89.3 cm³/mol. The van der Waals surface area contributed by atoms with Crippen molar-refractivity contribution in [1.29, 1.82) is 0 Å². The average Bonchev–Trinajstić information content (AvgIpc) is 2.58. The summed E-state index contributed by atoms with van der Waals surface area (Å²) >= 11 is 0. The summed E-state index contributed by atoms with van der Waals surface area (Å²) < 4.78 is 16.4. The molecule has 0 atom stereocenters. The maximum absolute atomic E-state index is 12.1. The number of hydrogen-bond donors (Lipinski definition) is 0. The molecule has 24 heavy (non-hydrogen) atoms. The molecule has 0 fully saturated rings. The van der Waals surface area contributed by atoms with Gasteiger partial charge in [-0.3, -0.25) is 9.59 Å². The number of likely N-dealkylation sites (N-methyl/N-ethyl adjacent to an activating group) is 2. The van der Waals surface area contributed by atoms with Gasteiger partial charge in [-0.25, -0.2) is 0 Å². The minimum absolute atomic E-state index is 0.0284. The van der Waals surface area contributed by atoms with E-state index in [0.29, 0.717) is 30.5 Å². The summed E-state index contributed by atoms with van der Waals surface area (Å²) in [5, 5.41) is 0. The fourth-order valence-corrected chi connectivity index (χ4v) is 2.11. The van der Waals surface area contributed by atoms with E-state index in [9.17, 15) is 9.59 Å². The van der Waals surface area contributed by atoms with Crippen molar-refractivity contribution in [2.24, 2.45) is 0 Å². The highest BCUT2D eigenvalue weighted by Crippen LogP contribution is 2.40. The predicted octanol–water partition coefficient (Wildman–Crippen LogP) is 1.03. The first-order valence-corrected chi connectivity index (χ1v) is 7.53. The maximum Gasteiger partial charge on any atom is 0.246 e. The highest BCUT2D eigenvalue weighted by Gasteiger charge is 2.18. The minimum atomic E-state index is -0.265. The van der Waals surface area contributed by atoms with Gasteiger partial charge in [0.1, 0.15) is 13.2 Å². The number of methoxy groups -OCH3 is 1. The first-order valence-electron chi connectivity index (χ1n) is 7.53.